The van der Waals surface area contributed by atoms with Crippen molar-refractivity contribution in [1.29, 1.82) is 0 Å². The van der Waals surface area contributed by atoms with Crippen molar-refractivity contribution in [3.8, 4) is 0 Å². The third kappa shape index (κ3) is 4.89. The molecule has 0 bridgehead atoms. The molecule has 4 rings (SSSR count). The SMILES string of the molecule is CC1(C)CC([NH+]2CCC(Cc3ccccc3)CC2)=CC(=[N+]2CCOCC2)C1. The number of ether oxygens (including phenoxy) is 1. The maximum Gasteiger partial charge on any atom is 0.182 e. The summed E-state index contributed by atoms with van der Waals surface area (Å²) in [5.41, 5.74) is 5.10. The Morgan fingerprint density at radius 3 is 2.44 bits per heavy atom. The average molecular weight is 369 g/mol. The van der Waals surface area contributed by atoms with Crippen molar-refractivity contribution in [2.45, 2.75) is 46.0 Å². The van der Waals surface area contributed by atoms with Crippen molar-refractivity contribution < 1.29 is 14.2 Å². The molecule has 2 fully saturated rings. The van der Waals surface area contributed by atoms with Crippen LogP contribution < -0.4 is 4.90 Å². The molecule has 0 radical (unpaired) electrons. The van der Waals surface area contributed by atoms with Gasteiger partial charge in [-0.2, -0.15) is 0 Å². The van der Waals surface area contributed by atoms with E-state index in [0.717, 1.165) is 32.2 Å². The van der Waals surface area contributed by atoms with E-state index in [4.69, 9.17) is 4.74 Å². The highest BCUT2D eigenvalue weighted by atomic mass is 16.5. The van der Waals surface area contributed by atoms with Gasteiger partial charge in [-0.15, -0.1) is 0 Å². The van der Waals surface area contributed by atoms with Crippen LogP contribution in [-0.4, -0.2) is 49.7 Å². The third-order valence-corrected chi connectivity index (χ3v) is 6.62. The Labute approximate surface area is 164 Å². The molecule has 1 N–H and O–H groups in total. The van der Waals surface area contributed by atoms with Crippen LogP contribution in [0.5, 0.6) is 0 Å². The van der Waals surface area contributed by atoms with Crippen molar-refractivity contribution >= 4 is 5.71 Å². The highest BCUT2D eigenvalue weighted by Crippen LogP contribution is 2.32. The molecule has 2 saturated heterocycles. The molecule has 0 unspecified atom stereocenters. The van der Waals surface area contributed by atoms with E-state index < -0.39 is 0 Å². The summed E-state index contributed by atoms with van der Waals surface area (Å²) >= 11 is 0. The molecule has 0 saturated carbocycles. The maximum atomic E-state index is 5.57. The van der Waals surface area contributed by atoms with Gasteiger partial charge in [0, 0.05) is 25.7 Å². The molecule has 146 valence electrons. The quantitative estimate of drug-likeness (QED) is 0.812. The first-order chi connectivity index (χ1) is 13.1. The zero-order valence-electron chi connectivity index (χ0n) is 17.2. The molecule has 1 aromatic rings. The molecule has 3 aliphatic rings. The molecular formula is C24H36N2O+2. The number of nitrogens with zero attached hydrogens (tertiary/aromatic N) is 1. The van der Waals surface area contributed by atoms with Gasteiger partial charge in [-0.1, -0.05) is 44.2 Å². The summed E-state index contributed by atoms with van der Waals surface area (Å²) in [5, 5.41) is 0. The van der Waals surface area contributed by atoms with Crippen LogP contribution in [0.2, 0.25) is 0 Å². The monoisotopic (exact) mass is 368 g/mol. The average Bonchev–Trinajstić information content (AvgIpc) is 2.69. The van der Waals surface area contributed by atoms with Crippen LogP contribution in [-0.2, 0) is 11.2 Å². The Balaban J connectivity index is 1.42. The molecule has 0 atom stereocenters. The van der Waals surface area contributed by atoms with E-state index >= 15 is 0 Å². The maximum absolute atomic E-state index is 5.57. The highest BCUT2D eigenvalue weighted by Gasteiger charge is 2.37. The van der Waals surface area contributed by atoms with Crippen LogP contribution in [0.3, 0.4) is 0 Å². The predicted octanol–water partition coefficient (Wildman–Crippen LogP) is 2.71. The highest BCUT2D eigenvalue weighted by molar-refractivity contribution is 5.92. The lowest BCUT2D eigenvalue weighted by atomic mass is 9.77. The second-order valence-electron chi connectivity index (χ2n) is 9.51. The number of rotatable bonds is 3. The van der Waals surface area contributed by atoms with Crippen LogP contribution in [0.25, 0.3) is 0 Å². The molecule has 1 aliphatic carbocycles. The minimum atomic E-state index is 0.381. The lowest BCUT2D eigenvalue weighted by molar-refractivity contribution is -0.869. The van der Waals surface area contributed by atoms with Gasteiger partial charge < -0.3 is 9.64 Å². The number of hydrogen-bond donors (Lipinski definition) is 1. The fourth-order valence-electron chi connectivity index (χ4n) is 5.15. The zero-order valence-corrected chi connectivity index (χ0v) is 17.2. The first-order valence-corrected chi connectivity index (χ1v) is 10.9. The summed E-state index contributed by atoms with van der Waals surface area (Å²) in [7, 11) is 0. The third-order valence-electron chi connectivity index (χ3n) is 6.62. The number of hydrogen-bond acceptors (Lipinski definition) is 1. The summed E-state index contributed by atoms with van der Waals surface area (Å²) in [4.78, 5) is 1.75. The van der Waals surface area contributed by atoms with E-state index in [2.05, 4.69) is 54.8 Å². The standard InChI is InChI=1S/C24H35N2O/c1-24(2)18-22(17-23(19-24)26-12-14-27-15-13-26)25-10-8-21(9-11-25)16-20-6-4-3-5-7-20/h3-7,17,21H,8-16,18-19H2,1-2H3/q+1/p+1. The zero-order chi connectivity index (χ0) is 18.7. The van der Waals surface area contributed by atoms with Gasteiger partial charge in [0.2, 0.25) is 0 Å². The van der Waals surface area contributed by atoms with E-state index in [1.807, 2.05) is 0 Å². The van der Waals surface area contributed by atoms with Crippen LogP contribution in [0.15, 0.2) is 42.1 Å². The van der Waals surface area contributed by atoms with Gasteiger partial charge in [-0.25, -0.2) is 4.58 Å². The molecule has 2 heterocycles. The number of allylic oxidation sites excluding steroid dienone is 2. The number of nitrogens with one attached hydrogen (secondary N) is 1. The van der Waals surface area contributed by atoms with Crippen molar-refractivity contribution in [2.24, 2.45) is 11.3 Å². The second kappa shape index (κ2) is 8.28. The first-order valence-electron chi connectivity index (χ1n) is 10.9. The molecule has 27 heavy (non-hydrogen) atoms. The number of benzene rings is 1. The number of quaternary nitrogens is 1. The topological polar surface area (TPSA) is 16.7 Å². The van der Waals surface area contributed by atoms with E-state index in [1.54, 1.807) is 16.3 Å². The summed E-state index contributed by atoms with van der Waals surface area (Å²) in [6.45, 7) is 11.4. The van der Waals surface area contributed by atoms with Gasteiger partial charge in [0.15, 0.2) is 18.8 Å². The van der Waals surface area contributed by atoms with Crippen molar-refractivity contribution in [3.05, 3.63) is 47.7 Å². The fraction of sp³-hybridized carbons (Fsp3) is 0.625. The predicted molar refractivity (Wildman–Crippen MR) is 110 cm³/mol. The first kappa shape index (κ1) is 18.9. The Hall–Kier alpha value is -1.45. The minimum Gasteiger partial charge on any atom is -0.368 e. The summed E-state index contributed by atoms with van der Waals surface area (Å²) in [6, 6.07) is 11.0. The molecule has 0 aromatic heterocycles. The van der Waals surface area contributed by atoms with Gasteiger partial charge in [0.25, 0.3) is 0 Å². The van der Waals surface area contributed by atoms with E-state index in [-0.39, 0.29) is 0 Å². The van der Waals surface area contributed by atoms with Gasteiger partial charge in [0.1, 0.15) is 18.9 Å². The van der Waals surface area contributed by atoms with Gasteiger partial charge in [-0.05, 0) is 23.3 Å². The van der Waals surface area contributed by atoms with Crippen LogP contribution >= 0.6 is 0 Å². The summed E-state index contributed by atoms with van der Waals surface area (Å²) in [5.74, 6) is 0.857. The number of likely N-dealkylation sites (tertiary alicyclic amines) is 1. The summed E-state index contributed by atoms with van der Waals surface area (Å²) in [6.07, 6.45) is 8.98. The van der Waals surface area contributed by atoms with Crippen LogP contribution in [0.4, 0.5) is 0 Å². The smallest absolute Gasteiger partial charge is 0.182 e. The van der Waals surface area contributed by atoms with Gasteiger partial charge in [-0.3, -0.25) is 0 Å². The van der Waals surface area contributed by atoms with Gasteiger partial charge >= 0.3 is 0 Å². The van der Waals surface area contributed by atoms with Crippen LogP contribution in [0, 0.1) is 11.3 Å². The van der Waals surface area contributed by atoms with E-state index in [0.29, 0.717) is 5.41 Å². The second-order valence-corrected chi connectivity index (χ2v) is 9.51. The molecular weight excluding hydrogens is 332 g/mol. The molecule has 3 heteroatoms. The lowest BCUT2D eigenvalue weighted by Crippen LogP contribution is -3.11. The van der Waals surface area contributed by atoms with Crippen LogP contribution in [0.1, 0.15) is 45.1 Å². The summed E-state index contributed by atoms with van der Waals surface area (Å²) < 4.78 is 8.14. The molecule has 2 aliphatic heterocycles. The molecule has 0 amide bonds. The molecule has 3 nitrogen and oxygen atoms in total. The van der Waals surface area contributed by atoms with Crippen molar-refractivity contribution in [2.75, 3.05) is 39.4 Å². The Morgan fingerprint density at radius 2 is 1.74 bits per heavy atom. The van der Waals surface area contributed by atoms with E-state index in [1.165, 1.54) is 50.8 Å². The van der Waals surface area contributed by atoms with Gasteiger partial charge in [0.05, 0.1) is 19.2 Å². The van der Waals surface area contributed by atoms with Crippen molar-refractivity contribution in [3.63, 3.8) is 0 Å². The fourth-order valence-corrected chi connectivity index (χ4v) is 5.15. The normalized spacial score (nSPS) is 28.7. The van der Waals surface area contributed by atoms with E-state index in [9.17, 15) is 0 Å². The van der Waals surface area contributed by atoms with Crippen molar-refractivity contribution in [1.82, 2.24) is 0 Å². The largest absolute Gasteiger partial charge is 0.368 e. The molecule has 1 aromatic carbocycles. The number of piperidine rings is 1. The Morgan fingerprint density at radius 1 is 1.04 bits per heavy atom. The Bertz CT molecular complexity index is 688. The lowest BCUT2D eigenvalue weighted by Gasteiger charge is -2.36. The number of morpholine rings is 1. The minimum absolute atomic E-state index is 0.381. The molecule has 0 spiro atoms. The Kier molecular flexibility index (Phi) is 5.79.